The van der Waals surface area contributed by atoms with Gasteiger partial charge >= 0.3 is 5.97 Å². The molecule has 0 saturated carbocycles. The minimum atomic E-state index is -0.443. The molecule has 21 heavy (non-hydrogen) atoms. The highest BCUT2D eigenvalue weighted by molar-refractivity contribution is 5.72. The molecule has 0 fully saturated rings. The van der Waals surface area contributed by atoms with E-state index in [4.69, 9.17) is 9.47 Å². The molecule has 4 heteroatoms. The Labute approximate surface area is 125 Å². The highest BCUT2D eigenvalue weighted by atomic mass is 16.5. The summed E-state index contributed by atoms with van der Waals surface area (Å²) in [6.07, 6.45) is 2.89. The molecule has 1 atom stereocenters. The molecule has 0 aromatic heterocycles. The first-order valence-electron chi connectivity index (χ1n) is 7.23. The highest BCUT2D eigenvalue weighted by Crippen LogP contribution is 2.44. The van der Waals surface area contributed by atoms with Crippen LogP contribution in [-0.4, -0.2) is 17.9 Å². The molecular weight excluding hydrogens is 268 g/mol. The smallest absolute Gasteiger partial charge is 0.308 e. The maximum absolute atomic E-state index is 11.3. The van der Waals surface area contributed by atoms with E-state index in [9.17, 15) is 9.59 Å². The topological polar surface area (TPSA) is 52.6 Å². The van der Waals surface area contributed by atoms with Crippen LogP contribution in [-0.2, 0) is 16.0 Å². The monoisotopic (exact) mass is 290 g/mol. The quantitative estimate of drug-likeness (QED) is 0.487. The molecule has 0 N–H and O–H groups in total. The molecule has 0 amide bonds. The van der Waals surface area contributed by atoms with Crippen LogP contribution in [0.1, 0.15) is 48.9 Å². The van der Waals surface area contributed by atoms with Crippen molar-refractivity contribution in [1.29, 1.82) is 0 Å². The Morgan fingerprint density at radius 2 is 1.95 bits per heavy atom. The zero-order valence-corrected chi connectivity index (χ0v) is 13.3. The van der Waals surface area contributed by atoms with Crippen molar-refractivity contribution in [3.05, 3.63) is 22.3 Å². The van der Waals surface area contributed by atoms with Crippen molar-refractivity contribution in [3.63, 3.8) is 0 Å². The van der Waals surface area contributed by atoms with Gasteiger partial charge in [-0.05, 0) is 57.2 Å². The molecule has 4 nitrogen and oxygen atoms in total. The van der Waals surface area contributed by atoms with Crippen LogP contribution in [0.25, 0.3) is 0 Å². The van der Waals surface area contributed by atoms with Gasteiger partial charge in [0.25, 0.3) is 0 Å². The van der Waals surface area contributed by atoms with Crippen molar-refractivity contribution in [2.75, 3.05) is 0 Å². The molecule has 1 aliphatic rings. The predicted molar refractivity (Wildman–Crippen MR) is 80.0 cm³/mol. The Hall–Kier alpha value is -1.84. The SMILES string of the molecule is CC(=O)Oc1c(C)c(C)c2c(c1C)CC[C@@](C)(CC=O)O2. The van der Waals surface area contributed by atoms with E-state index in [0.717, 1.165) is 47.1 Å². The van der Waals surface area contributed by atoms with E-state index in [-0.39, 0.29) is 5.97 Å². The molecule has 0 spiro atoms. The largest absolute Gasteiger partial charge is 0.487 e. The molecule has 114 valence electrons. The molecule has 1 aliphatic heterocycles. The van der Waals surface area contributed by atoms with E-state index in [1.807, 2.05) is 27.7 Å². The lowest BCUT2D eigenvalue weighted by Crippen LogP contribution is -2.37. The summed E-state index contributed by atoms with van der Waals surface area (Å²) in [5, 5.41) is 0. The van der Waals surface area contributed by atoms with E-state index < -0.39 is 5.60 Å². The Kier molecular flexibility index (Phi) is 4.08. The molecule has 1 aromatic rings. The average molecular weight is 290 g/mol. The third kappa shape index (κ3) is 2.80. The van der Waals surface area contributed by atoms with E-state index in [1.54, 1.807) is 0 Å². The Morgan fingerprint density at radius 3 is 2.52 bits per heavy atom. The lowest BCUT2D eigenvalue weighted by atomic mass is 9.86. The number of aldehydes is 1. The lowest BCUT2D eigenvalue weighted by molar-refractivity contribution is -0.132. The third-order valence-electron chi connectivity index (χ3n) is 4.32. The molecule has 2 rings (SSSR count). The van der Waals surface area contributed by atoms with Crippen LogP contribution >= 0.6 is 0 Å². The first-order valence-corrected chi connectivity index (χ1v) is 7.23. The zero-order valence-electron chi connectivity index (χ0n) is 13.3. The Balaban J connectivity index is 2.53. The maximum Gasteiger partial charge on any atom is 0.308 e. The van der Waals surface area contributed by atoms with Gasteiger partial charge in [-0.3, -0.25) is 4.79 Å². The maximum atomic E-state index is 11.3. The van der Waals surface area contributed by atoms with Gasteiger partial charge in [0.15, 0.2) is 0 Å². The third-order valence-corrected chi connectivity index (χ3v) is 4.32. The predicted octanol–water partition coefficient (Wildman–Crippen LogP) is 3.21. The van der Waals surface area contributed by atoms with Gasteiger partial charge in [-0.15, -0.1) is 0 Å². The molecule has 0 bridgehead atoms. The van der Waals surface area contributed by atoms with Crippen LogP contribution in [0.15, 0.2) is 0 Å². The zero-order chi connectivity index (χ0) is 15.8. The fourth-order valence-corrected chi connectivity index (χ4v) is 2.90. The summed E-state index contributed by atoms with van der Waals surface area (Å²) in [6.45, 7) is 9.22. The number of fused-ring (bicyclic) bond motifs is 1. The number of esters is 1. The second-order valence-electron chi connectivity index (χ2n) is 6.03. The summed E-state index contributed by atoms with van der Waals surface area (Å²) in [4.78, 5) is 22.1. The van der Waals surface area contributed by atoms with E-state index in [2.05, 4.69) is 0 Å². The van der Waals surface area contributed by atoms with Gasteiger partial charge in [-0.25, -0.2) is 0 Å². The second kappa shape index (κ2) is 5.51. The van der Waals surface area contributed by atoms with Gasteiger partial charge in [0, 0.05) is 18.9 Å². The molecule has 0 aliphatic carbocycles. The van der Waals surface area contributed by atoms with Crippen molar-refractivity contribution in [2.45, 2.75) is 59.5 Å². The van der Waals surface area contributed by atoms with E-state index in [1.165, 1.54) is 6.92 Å². The molecule has 1 aromatic carbocycles. The molecule has 1 heterocycles. The van der Waals surface area contributed by atoms with Crippen molar-refractivity contribution in [3.8, 4) is 11.5 Å². The summed E-state index contributed by atoms with van der Waals surface area (Å²) in [5.74, 6) is 1.17. The Bertz CT molecular complexity index is 604. The highest BCUT2D eigenvalue weighted by Gasteiger charge is 2.34. The fraction of sp³-hybridized carbons (Fsp3) is 0.529. The summed E-state index contributed by atoms with van der Waals surface area (Å²) in [6, 6.07) is 0. The molecule has 0 radical (unpaired) electrons. The van der Waals surface area contributed by atoms with Crippen molar-refractivity contribution >= 4 is 12.3 Å². The first kappa shape index (κ1) is 15.5. The number of carbonyl (C=O) groups excluding carboxylic acids is 2. The fourth-order valence-electron chi connectivity index (χ4n) is 2.90. The number of hydrogen-bond acceptors (Lipinski definition) is 4. The van der Waals surface area contributed by atoms with Gasteiger partial charge < -0.3 is 14.3 Å². The number of ether oxygens (including phenoxy) is 2. The average Bonchev–Trinajstić information content (AvgIpc) is 2.41. The standard InChI is InChI=1S/C17H22O4/c1-10-11(2)16-14(12(3)15(10)20-13(4)19)6-7-17(5,21-16)8-9-18/h9H,6-8H2,1-5H3/t17-/m0/s1. The minimum Gasteiger partial charge on any atom is -0.487 e. The summed E-state index contributed by atoms with van der Waals surface area (Å²) >= 11 is 0. The summed E-state index contributed by atoms with van der Waals surface area (Å²) in [5.41, 5.74) is 3.48. The molecular formula is C17H22O4. The van der Waals surface area contributed by atoms with Gasteiger partial charge in [-0.1, -0.05) is 0 Å². The number of hydrogen-bond donors (Lipinski definition) is 0. The molecule has 0 unspecified atom stereocenters. The number of rotatable bonds is 3. The normalized spacial score (nSPS) is 20.4. The van der Waals surface area contributed by atoms with Crippen LogP contribution < -0.4 is 9.47 Å². The summed E-state index contributed by atoms with van der Waals surface area (Å²) < 4.78 is 11.5. The van der Waals surface area contributed by atoms with Crippen LogP contribution in [0.2, 0.25) is 0 Å². The second-order valence-corrected chi connectivity index (χ2v) is 6.03. The van der Waals surface area contributed by atoms with Crippen molar-refractivity contribution < 1.29 is 19.1 Å². The van der Waals surface area contributed by atoms with Crippen molar-refractivity contribution in [2.24, 2.45) is 0 Å². The van der Waals surface area contributed by atoms with Crippen LogP contribution in [0, 0.1) is 20.8 Å². The van der Waals surface area contributed by atoms with Crippen LogP contribution in [0.4, 0.5) is 0 Å². The number of carbonyl (C=O) groups is 2. The van der Waals surface area contributed by atoms with Gasteiger partial charge in [0.1, 0.15) is 23.4 Å². The Morgan fingerprint density at radius 1 is 1.29 bits per heavy atom. The van der Waals surface area contributed by atoms with Crippen molar-refractivity contribution in [1.82, 2.24) is 0 Å². The van der Waals surface area contributed by atoms with Gasteiger partial charge in [0.05, 0.1) is 0 Å². The number of benzene rings is 1. The van der Waals surface area contributed by atoms with Gasteiger partial charge in [0.2, 0.25) is 0 Å². The summed E-state index contributed by atoms with van der Waals surface area (Å²) in [7, 11) is 0. The van der Waals surface area contributed by atoms with Gasteiger partial charge in [-0.2, -0.15) is 0 Å². The van der Waals surface area contributed by atoms with E-state index >= 15 is 0 Å². The molecule has 0 saturated heterocycles. The minimum absolute atomic E-state index is 0.317. The lowest BCUT2D eigenvalue weighted by Gasteiger charge is -2.37. The van der Waals surface area contributed by atoms with Crippen LogP contribution in [0.3, 0.4) is 0 Å². The van der Waals surface area contributed by atoms with E-state index in [0.29, 0.717) is 12.2 Å². The van der Waals surface area contributed by atoms with Crippen LogP contribution in [0.5, 0.6) is 11.5 Å². The first-order chi connectivity index (χ1) is 9.79.